The fourth-order valence-corrected chi connectivity index (χ4v) is 2.19. The highest BCUT2D eigenvalue weighted by atomic mass is 35.5. The number of halogens is 3. The molecule has 0 bridgehead atoms. The molecular weight excluding hydrogens is 393 g/mol. The summed E-state index contributed by atoms with van der Waals surface area (Å²) >= 11 is 17.3. The van der Waals surface area contributed by atoms with Crippen LogP contribution in [0.25, 0.3) is 5.70 Å². The molecule has 0 aliphatic heterocycles. The van der Waals surface area contributed by atoms with Gasteiger partial charge in [0.1, 0.15) is 22.6 Å². The van der Waals surface area contributed by atoms with Crippen molar-refractivity contribution in [3.8, 4) is 11.5 Å². The number of ether oxygens (including phenoxy) is 2. The molecule has 0 saturated carbocycles. The van der Waals surface area contributed by atoms with Gasteiger partial charge in [0, 0.05) is 18.1 Å². The van der Waals surface area contributed by atoms with Crippen LogP contribution in [0, 0.1) is 0 Å². The monoisotopic (exact) mass is 409 g/mol. The molecule has 0 atom stereocenters. The van der Waals surface area contributed by atoms with Gasteiger partial charge in [-0.15, -0.1) is 0 Å². The highest BCUT2D eigenvalue weighted by Gasteiger charge is 2.14. The lowest BCUT2D eigenvalue weighted by molar-refractivity contribution is -0.137. The normalized spacial score (nSPS) is 10.1. The summed E-state index contributed by atoms with van der Waals surface area (Å²) in [6.07, 6.45) is 1.87. The Morgan fingerprint density at radius 2 is 2.12 bits per heavy atom. The Labute approximate surface area is 160 Å². The SMILES string of the molecule is C=C(NOCCCC(=O)O)c1cc(OCC=C(Cl)Cl)cc(Cl)c1OC. The quantitative estimate of drug-likeness (QED) is 0.416. The molecule has 138 valence electrons. The lowest BCUT2D eigenvalue weighted by Gasteiger charge is -2.16. The van der Waals surface area contributed by atoms with Crippen molar-refractivity contribution in [2.45, 2.75) is 12.8 Å². The summed E-state index contributed by atoms with van der Waals surface area (Å²) < 4.78 is 10.9. The number of hydrogen-bond donors (Lipinski definition) is 2. The van der Waals surface area contributed by atoms with Crippen LogP contribution in [-0.4, -0.2) is 31.4 Å². The molecule has 0 saturated heterocycles. The number of nitrogens with one attached hydrogen (secondary N) is 1. The molecule has 0 aromatic heterocycles. The summed E-state index contributed by atoms with van der Waals surface area (Å²) in [5, 5.41) is 8.90. The van der Waals surface area contributed by atoms with Gasteiger partial charge in [-0.3, -0.25) is 15.1 Å². The van der Waals surface area contributed by atoms with E-state index in [1.165, 1.54) is 13.2 Å². The summed E-state index contributed by atoms with van der Waals surface area (Å²) in [6, 6.07) is 3.25. The van der Waals surface area contributed by atoms with Gasteiger partial charge in [-0.05, 0) is 18.6 Å². The Kier molecular flexibility index (Phi) is 9.52. The van der Waals surface area contributed by atoms with E-state index in [4.69, 9.17) is 54.2 Å². The number of hydrogen-bond acceptors (Lipinski definition) is 5. The lowest BCUT2D eigenvalue weighted by Crippen LogP contribution is -2.14. The van der Waals surface area contributed by atoms with E-state index >= 15 is 0 Å². The van der Waals surface area contributed by atoms with E-state index in [9.17, 15) is 4.79 Å². The number of rotatable bonds is 11. The predicted molar refractivity (Wildman–Crippen MR) is 98.3 cm³/mol. The topological polar surface area (TPSA) is 77.0 Å². The second kappa shape index (κ2) is 11.1. The number of methoxy groups -OCH3 is 1. The zero-order valence-corrected chi connectivity index (χ0v) is 15.7. The Morgan fingerprint density at radius 1 is 1.40 bits per heavy atom. The average Bonchev–Trinajstić information content (AvgIpc) is 2.53. The molecule has 2 N–H and O–H groups in total. The van der Waals surface area contributed by atoms with Crippen molar-refractivity contribution in [2.24, 2.45) is 0 Å². The maximum Gasteiger partial charge on any atom is 0.303 e. The van der Waals surface area contributed by atoms with Crippen LogP contribution in [0.1, 0.15) is 18.4 Å². The molecule has 0 spiro atoms. The van der Waals surface area contributed by atoms with E-state index < -0.39 is 5.97 Å². The molecule has 1 aromatic rings. The van der Waals surface area contributed by atoms with Crippen LogP contribution in [0.5, 0.6) is 11.5 Å². The molecule has 0 aliphatic rings. The standard InChI is InChI=1S/C16H18Cl3NO5/c1-10(20-25-6-3-4-15(21)22)12-8-11(24-7-5-14(18)19)9-13(17)16(12)23-2/h5,8-9,20H,1,3-4,6-7H2,2H3,(H,21,22). The lowest BCUT2D eigenvalue weighted by atomic mass is 10.1. The molecule has 0 fully saturated rings. The Bertz CT molecular complexity index is 645. The van der Waals surface area contributed by atoms with Crippen LogP contribution < -0.4 is 15.0 Å². The summed E-state index contributed by atoms with van der Waals surface area (Å²) in [5.74, 6) is -0.0288. The minimum Gasteiger partial charge on any atom is -0.494 e. The summed E-state index contributed by atoms with van der Waals surface area (Å²) in [6.45, 7) is 4.22. The second-order valence-electron chi connectivity index (χ2n) is 4.72. The number of carboxylic acid groups (broad SMARTS) is 1. The van der Waals surface area contributed by atoms with Gasteiger partial charge in [0.05, 0.1) is 24.4 Å². The predicted octanol–water partition coefficient (Wildman–Crippen LogP) is 4.40. The van der Waals surface area contributed by atoms with Crippen molar-refractivity contribution in [1.29, 1.82) is 0 Å². The van der Waals surface area contributed by atoms with Gasteiger partial charge < -0.3 is 14.6 Å². The van der Waals surface area contributed by atoms with E-state index in [2.05, 4.69) is 12.1 Å². The van der Waals surface area contributed by atoms with Gasteiger partial charge >= 0.3 is 5.97 Å². The zero-order chi connectivity index (χ0) is 18.8. The van der Waals surface area contributed by atoms with Gasteiger partial charge in [-0.1, -0.05) is 41.4 Å². The third kappa shape index (κ3) is 7.88. The van der Waals surface area contributed by atoms with Crippen molar-refractivity contribution in [3.05, 3.63) is 39.9 Å². The first-order chi connectivity index (χ1) is 11.8. The molecule has 25 heavy (non-hydrogen) atoms. The largest absolute Gasteiger partial charge is 0.494 e. The molecular formula is C16H18Cl3NO5. The van der Waals surface area contributed by atoms with E-state index in [1.54, 1.807) is 12.1 Å². The number of carbonyl (C=O) groups is 1. The third-order valence-electron chi connectivity index (χ3n) is 2.87. The highest BCUT2D eigenvalue weighted by molar-refractivity contribution is 6.55. The molecule has 0 unspecified atom stereocenters. The van der Waals surface area contributed by atoms with Gasteiger partial charge in [-0.2, -0.15) is 0 Å². The van der Waals surface area contributed by atoms with Crippen LogP contribution in [0.15, 0.2) is 29.3 Å². The highest BCUT2D eigenvalue weighted by Crippen LogP contribution is 2.36. The minimum absolute atomic E-state index is 0.0171. The Hall–Kier alpha value is -1.60. The Balaban J connectivity index is 2.77. The van der Waals surface area contributed by atoms with E-state index in [0.29, 0.717) is 34.2 Å². The smallest absolute Gasteiger partial charge is 0.303 e. The first kappa shape index (κ1) is 21.4. The molecule has 0 aliphatic carbocycles. The second-order valence-corrected chi connectivity index (χ2v) is 6.13. The van der Waals surface area contributed by atoms with Crippen molar-refractivity contribution >= 4 is 46.5 Å². The Morgan fingerprint density at radius 3 is 2.72 bits per heavy atom. The number of aliphatic carboxylic acids is 1. The number of carboxylic acids is 1. The summed E-state index contributed by atoms with van der Waals surface area (Å²) in [4.78, 5) is 15.6. The molecule has 1 aromatic carbocycles. The summed E-state index contributed by atoms with van der Waals surface area (Å²) in [7, 11) is 1.47. The number of benzene rings is 1. The van der Waals surface area contributed by atoms with Crippen LogP contribution >= 0.6 is 34.8 Å². The van der Waals surface area contributed by atoms with E-state index in [1.807, 2.05) is 0 Å². The first-order valence-electron chi connectivity index (χ1n) is 7.15. The van der Waals surface area contributed by atoms with E-state index in [-0.39, 0.29) is 24.1 Å². The van der Waals surface area contributed by atoms with Gasteiger partial charge in [0.15, 0.2) is 0 Å². The fraction of sp³-hybridized carbons (Fsp3) is 0.312. The third-order valence-corrected chi connectivity index (χ3v) is 3.46. The number of hydroxylamine groups is 1. The average molecular weight is 411 g/mol. The molecule has 6 nitrogen and oxygen atoms in total. The van der Waals surface area contributed by atoms with Crippen molar-refractivity contribution in [1.82, 2.24) is 5.48 Å². The maximum atomic E-state index is 10.4. The van der Waals surface area contributed by atoms with E-state index in [0.717, 1.165) is 0 Å². The van der Waals surface area contributed by atoms with Crippen LogP contribution in [0.2, 0.25) is 5.02 Å². The zero-order valence-electron chi connectivity index (χ0n) is 13.5. The van der Waals surface area contributed by atoms with Crippen molar-refractivity contribution in [2.75, 3.05) is 20.3 Å². The van der Waals surface area contributed by atoms with Crippen LogP contribution in [0.4, 0.5) is 0 Å². The van der Waals surface area contributed by atoms with Gasteiger partial charge in [0.25, 0.3) is 0 Å². The van der Waals surface area contributed by atoms with Crippen molar-refractivity contribution in [3.63, 3.8) is 0 Å². The first-order valence-corrected chi connectivity index (χ1v) is 8.29. The van der Waals surface area contributed by atoms with Crippen LogP contribution in [0.3, 0.4) is 0 Å². The van der Waals surface area contributed by atoms with Crippen molar-refractivity contribution < 1.29 is 24.2 Å². The minimum atomic E-state index is -0.883. The molecule has 0 heterocycles. The fourth-order valence-electron chi connectivity index (χ4n) is 1.77. The molecule has 9 heteroatoms. The molecule has 1 rings (SSSR count). The molecule has 0 radical (unpaired) electrons. The van der Waals surface area contributed by atoms with Crippen LogP contribution in [-0.2, 0) is 9.63 Å². The maximum absolute atomic E-state index is 10.4. The molecule has 0 amide bonds. The summed E-state index contributed by atoms with van der Waals surface area (Å²) in [5.41, 5.74) is 3.55. The van der Waals surface area contributed by atoms with Gasteiger partial charge in [-0.25, -0.2) is 0 Å². The van der Waals surface area contributed by atoms with Gasteiger partial charge in [0.2, 0.25) is 0 Å².